The van der Waals surface area contributed by atoms with Crippen LogP contribution in [0.5, 0.6) is 11.5 Å². The molecule has 0 saturated carbocycles. The first-order chi connectivity index (χ1) is 10.2. The lowest BCUT2D eigenvalue weighted by molar-refractivity contribution is -0.131. The second-order valence-electron chi connectivity index (χ2n) is 4.03. The molecule has 0 bridgehead atoms. The highest BCUT2D eigenvalue weighted by Crippen LogP contribution is 2.26. The molecule has 1 aromatic heterocycles. The molecule has 0 saturated heterocycles. The van der Waals surface area contributed by atoms with Crippen LogP contribution in [0.15, 0.2) is 42.7 Å². The maximum atomic E-state index is 10.6. The van der Waals surface area contributed by atoms with Crippen molar-refractivity contribution < 1.29 is 19.4 Å². The van der Waals surface area contributed by atoms with Crippen molar-refractivity contribution in [3.05, 3.63) is 54.1 Å². The number of carboxylic acids is 1. The lowest BCUT2D eigenvalue weighted by Crippen LogP contribution is -2.01. The Morgan fingerprint density at radius 2 is 2.10 bits per heavy atom. The van der Waals surface area contributed by atoms with Crippen LogP contribution in [0, 0.1) is 0 Å². The van der Waals surface area contributed by atoms with Crippen molar-refractivity contribution in [2.75, 3.05) is 7.11 Å². The molecule has 21 heavy (non-hydrogen) atoms. The van der Waals surface area contributed by atoms with Crippen LogP contribution >= 0.6 is 0 Å². The van der Waals surface area contributed by atoms with E-state index < -0.39 is 5.97 Å². The van der Waals surface area contributed by atoms with Crippen molar-refractivity contribution in [3.63, 3.8) is 0 Å². The summed E-state index contributed by atoms with van der Waals surface area (Å²) >= 11 is 0. The van der Waals surface area contributed by atoms with Crippen LogP contribution in [-0.4, -0.2) is 28.2 Å². The van der Waals surface area contributed by atoms with E-state index in [1.165, 1.54) is 6.08 Å². The second-order valence-corrected chi connectivity index (χ2v) is 4.03. The minimum absolute atomic E-state index is 0.182. The van der Waals surface area contributed by atoms with Crippen LogP contribution in [0.2, 0.25) is 0 Å². The van der Waals surface area contributed by atoms with Crippen LogP contribution in [0.3, 0.4) is 0 Å². The minimum atomic E-state index is -1.02. The van der Waals surface area contributed by atoms with Gasteiger partial charge < -0.3 is 14.6 Å². The molecule has 1 N–H and O–H groups in total. The van der Waals surface area contributed by atoms with Crippen LogP contribution in [0.1, 0.15) is 11.4 Å². The summed E-state index contributed by atoms with van der Waals surface area (Å²) in [5.41, 5.74) is 0.633. The Labute approximate surface area is 121 Å². The van der Waals surface area contributed by atoms with Gasteiger partial charge in [0.1, 0.15) is 18.1 Å². The first-order valence-corrected chi connectivity index (χ1v) is 6.17. The molecular formula is C15H14N2O4. The van der Waals surface area contributed by atoms with Crippen LogP contribution in [0.25, 0.3) is 6.08 Å². The van der Waals surface area contributed by atoms with Gasteiger partial charge in [-0.1, -0.05) is 0 Å². The van der Waals surface area contributed by atoms with E-state index >= 15 is 0 Å². The van der Waals surface area contributed by atoms with Gasteiger partial charge in [-0.3, -0.25) is 0 Å². The maximum absolute atomic E-state index is 10.6. The summed E-state index contributed by atoms with van der Waals surface area (Å²) in [7, 11) is 1.55. The second kappa shape index (κ2) is 7.04. The third-order valence-electron chi connectivity index (χ3n) is 2.60. The highest BCUT2D eigenvalue weighted by molar-refractivity contribution is 5.86. The van der Waals surface area contributed by atoms with Gasteiger partial charge in [0, 0.05) is 30.1 Å². The molecule has 0 fully saturated rings. The summed E-state index contributed by atoms with van der Waals surface area (Å²) < 4.78 is 10.8. The Balaban J connectivity index is 2.20. The van der Waals surface area contributed by atoms with E-state index in [-0.39, 0.29) is 6.61 Å². The zero-order valence-electron chi connectivity index (χ0n) is 11.4. The van der Waals surface area contributed by atoms with E-state index in [0.717, 1.165) is 6.08 Å². The molecule has 0 radical (unpaired) electrons. The van der Waals surface area contributed by atoms with E-state index in [1.807, 2.05) is 0 Å². The quantitative estimate of drug-likeness (QED) is 0.819. The number of rotatable bonds is 6. The smallest absolute Gasteiger partial charge is 0.328 e. The molecule has 0 amide bonds. The number of carboxylic acid groups (broad SMARTS) is 1. The maximum Gasteiger partial charge on any atom is 0.328 e. The van der Waals surface area contributed by atoms with Gasteiger partial charge in [0.2, 0.25) is 0 Å². The molecule has 0 aliphatic carbocycles. The molecule has 2 rings (SSSR count). The van der Waals surface area contributed by atoms with E-state index in [4.69, 9.17) is 14.6 Å². The van der Waals surface area contributed by atoms with Gasteiger partial charge in [0.25, 0.3) is 0 Å². The molecular weight excluding hydrogens is 272 g/mol. The number of benzene rings is 1. The number of ether oxygens (including phenoxy) is 2. The summed E-state index contributed by atoms with van der Waals surface area (Å²) in [6, 6.07) is 6.85. The first kappa shape index (κ1) is 14.5. The number of hydrogen-bond acceptors (Lipinski definition) is 5. The fraction of sp³-hybridized carbons (Fsp3) is 0.133. The normalized spacial score (nSPS) is 10.5. The third kappa shape index (κ3) is 4.31. The largest absolute Gasteiger partial charge is 0.497 e. The number of methoxy groups -OCH3 is 1. The van der Waals surface area contributed by atoms with Gasteiger partial charge in [-0.05, 0) is 24.3 Å². The van der Waals surface area contributed by atoms with Crippen LogP contribution < -0.4 is 9.47 Å². The Bertz CT molecular complexity index is 641. The summed E-state index contributed by atoms with van der Waals surface area (Å²) in [5.74, 6) is 0.627. The van der Waals surface area contributed by atoms with E-state index in [1.54, 1.807) is 43.8 Å². The SMILES string of the molecule is COc1ccc(C=CC(=O)O)c(OCc2ncccn2)c1. The molecule has 1 heterocycles. The molecule has 0 aliphatic rings. The molecule has 6 nitrogen and oxygen atoms in total. The average Bonchev–Trinajstić information content (AvgIpc) is 2.52. The predicted octanol–water partition coefficient (Wildman–Crippen LogP) is 2.16. The van der Waals surface area contributed by atoms with E-state index in [2.05, 4.69) is 9.97 Å². The summed E-state index contributed by atoms with van der Waals surface area (Å²) in [6.07, 6.45) is 5.77. The molecule has 0 unspecified atom stereocenters. The Hall–Kier alpha value is -2.89. The topological polar surface area (TPSA) is 81.5 Å². The van der Waals surface area contributed by atoms with Gasteiger partial charge in [0.05, 0.1) is 7.11 Å². The van der Waals surface area contributed by atoms with E-state index in [9.17, 15) is 4.79 Å². The molecule has 0 spiro atoms. The van der Waals surface area contributed by atoms with Gasteiger partial charge in [0.15, 0.2) is 5.82 Å². The number of aliphatic carboxylic acids is 1. The molecule has 1 aromatic carbocycles. The van der Waals surface area contributed by atoms with Crippen LogP contribution in [0.4, 0.5) is 0 Å². The zero-order chi connectivity index (χ0) is 15.1. The number of nitrogens with zero attached hydrogens (tertiary/aromatic N) is 2. The molecule has 2 aromatic rings. The van der Waals surface area contributed by atoms with Crippen LogP contribution in [-0.2, 0) is 11.4 Å². The molecule has 0 aliphatic heterocycles. The lowest BCUT2D eigenvalue weighted by Gasteiger charge is -2.10. The van der Waals surface area contributed by atoms with Crippen molar-refractivity contribution in [2.45, 2.75) is 6.61 Å². The van der Waals surface area contributed by atoms with Crippen molar-refractivity contribution in [3.8, 4) is 11.5 Å². The standard InChI is InChI=1S/C15H14N2O4/c1-20-12-5-3-11(4-6-15(18)19)13(9-12)21-10-14-16-7-2-8-17-14/h2-9H,10H2,1H3,(H,18,19). The summed E-state index contributed by atoms with van der Waals surface area (Å²) in [5, 5.41) is 8.70. The Morgan fingerprint density at radius 3 is 2.76 bits per heavy atom. The first-order valence-electron chi connectivity index (χ1n) is 6.17. The highest BCUT2D eigenvalue weighted by Gasteiger charge is 2.05. The molecule has 0 atom stereocenters. The van der Waals surface area contributed by atoms with Crippen molar-refractivity contribution in [1.29, 1.82) is 0 Å². The fourth-order valence-electron chi connectivity index (χ4n) is 1.61. The highest BCUT2D eigenvalue weighted by atomic mass is 16.5. The Morgan fingerprint density at radius 1 is 1.33 bits per heavy atom. The van der Waals surface area contributed by atoms with Gasteiger partial charge in [-0.2, -0.15) is 0 Å². The van der Waals surface area contributed by atoms with Gasteiger partial charge in [-0.25, -0.2) is 14.8 Å². The zero-order valence-corrected chi connectivity index (χ0v) is 11.4. The molecule has 108 valence electrons. The van der Waals surface area contributed by atoms with Crippen molar-refractivity contribution in [1.82, 2.24) is 9.97 Å². The molecule has 6 heteroatoms. The average molecular weight is 286 g/mol. The summed E-state index contributed by atoms with van der Waals surface area (Å²) in [4.78, 5) is 18.7. The Kier molecular flexibility index (Phi) is 4.87. The van der Waals surface area contributed by atoms with Gasteiger partial charge in [-0.15, -0.1) is 0 Å². The third-order valence-corrected chi connectivity index (χ3v) is 2.60. The minimum Gasteiger partial charge on any atom is -0.497 e. The number of aromatic nitrogens is 2. The monoisotopic (exact) mass is 286 g/mol. The van der Waals surface area contributed by atoms with Crippen molar-refractivity contribution in [2.24, 2.45) is 0 Å². The fourth-order valence-corrected chi connectivity index (χ4v) is 1.61. The number of hydrogen-bond donors (Lipinski definition) is 1. The van der Waals surface area contributed by atoms with Gasteiger partial charge >= 0.3 is 5.97 Å². The van der Waals surface area contributed by atoms with Crippen molar-refractivity contribution >= 4 is 12.0 Å². The number of carbonyl (C=O) groups is 1. The predicted molar refractivity (Wildman–Crippen MR) is 76.0 cm³/mol. The summed E-state index contributed by atoms with van der Waals surface area (Å²) in [6.45, 7) is 0.182. The lowest BCUT2D eigenvalue weighted by atomic mass is 10.1. The van der Waals surface area contributed by atoms with E-state index in [0.29, 0.717) is 22.9 Å².